The first kappa shape index (κ1) is 19.3. The summed E-state index contributed by atoms with van der Waals surface area (Å²) in [6.07, 6.45) is 1.39. The van der Waals surface area contributed by atoms with Crippen molar-refractivity contribution in [2.24, 2.45) is 0 Å². The van der Waals surface area contributed by atoms with Crippen LogP contribution in [0.2, 0.25) is 0 Å². The summed E-state index contributed by atoms with van der Waals surface area (Å²) in [5, 5.41) is 11.1. The average Bonchev–Trinajstić information content (AvgIpc) is 2.82. The van der Waals surface area contributed by atoms with Gasteiger partial charge in [0.15, 0.2) is 5.60 Å². The Morgan fingerprint density at radius 2 is 2.07 bits per heavy atom. The lowest BCUT2D eigenvalue weighted by Gasteiger charge is -2.23. The number of nitrogens with zero attached hydrogens (tertiary/aromatic N) is 1. The molecule has 140 valence electrons. The van der Waals surface area contributed by atoms with E-state index < -0.39 is 11.5 Å². The molecular formula is C21H20BrNO4. The molecule has 27 heavy (non-hydrogen) atoms. The minimum atomic E-state index is -1.86. The van der Waals surface area contributed by atoms with Gasteiger partial charge in [0.05, 0.1) is 12.2 Å². The second kappa shape index (κ2) is 7.66. The smallest absolute Gasteiger partial charge is 0.264 e. The summed E-state index contributed by atoms with van der Waals surface area (Å²) in [7, 11) is 0. The molecule has 0 unspecified atom stereocenters. The Labute approximate surface area is 166 Å². The first-order valence-electron chi connectivity index (χ1n) is 8.52. The topological polar surface area (TPSA) is 66.8 Å². The molecule has 0 aromatic heterocycles. The normalized spacial score (nSPS) is 18.3. The van der Waals surface area contributed by atoms with Gasteiger partial charge < -0.3 is 14.7 Å². The van der Waals surface area contributed by atoms with Gasteiger partial charge >= 0.3 is 0 Å². The molecule has 0 bridgehead atoms. The molecule has 0 fully saturated rings. The van der Waals surface area contributed by atoms with Gasteiger partial charge in [-0.2, -0.15) is 0 Å². The van der Waals surface area contributed by atoms with Crippen LogP contribution in [0, 0.1) is 0 Å². The van der Waals surface area contributed by atoms with Crippen molar-refractivity contribution in [3.05, 3.63) is 70.7 Å². The van der Waals surface area contributed by atoms with Crippen molar-refractivity contribution in [1.29, 1.82) is 0 Å². The molecule has 0 saturated heterocycles. The molecule has 1 atom stereocenters. The molecule has 5 nitrogen and oxygen atoms in total. The van der Waals surface area contributed by atoms with Crippen LogP contribution in [0.3, 0.4) is 0 Å². The highest BCUT2D eigenvalue weighted by molar-refractivity contribution is 9.10. The van der Waals surface area contributed by atoms with Gasteiger partial charge in [0.25, 0.3) is 5.91 Å². The SMILES string of the molecule is C=CCOc1ccccc1CN1C(=O)[C@@](O)(CC(C)=O)c2cc(Br)ccc21. The van der Waals surface area contributed by atoms with Crippen molar-refractivity contribution in [2.45, 2.75) is 25.5 Å². The van der Waals surface area contributed by atoms with Gasteiger partial charge in [-0.15, -0.1) is 0 Å². The number of benzene rings is 2. The monoisotopic (exact) mass is 429 g/mol. The van der Waals surface area contributed by atoms with Crippen molar-refractivity contribution < 1.29 is 19.4 Å². The number of carbonyl (C=O) groups excluding carboxylic acids is 2. The zero-order valence-electron chi connectivity index (χ0n) is 14.9. The lowest BCUT2D eigenvalue weighted by Crippen LogP contribution is -2.41. The Morgan fingerprint density at radius 1 is 1.33 bits per heavy atom. The molecule has 0 aliphatic carbocycles. The summed E-state index contributed by atoms with van der Waals surface area (Å²) in [5.41, 5.74) is -0.0392. The first-order chi connectivity index (χ1) is 12.9. The molecule has 6 heteroatoms. The van der Waals surface area contributed by atoms with Crippen molar-refractivity contribution in [2.75, 3.05) is 11.5 Å². The van der Waals surface area contributed by atoms with Crippen molar-refractivity contribution in [3.63, 3.8) is 0 Å². The summed E-state index contributed by atoms with van der Waals surface area (Å²) in [6, 6.07) is 12.7. The Morgan fingerprint density at radius 3 is 2.78 bits per heavy atom. The molecule has 0 saturated carbocycles. The number of para-hydroxylation sites is 1. The number of hydrogen-bond donors (Lipinski definition) is 1. The van der Waals surface area contributed by atoms with E-state index in [1.807, 2.05) is 24.3 Å². The van der Waals surface area contributed by atoms with E-state index in [0.717, 1.165) is 10.0 Å². The van der Waals surface area contributed by atoms with E-state index in [4.69, 9.17) is 4.74 Å². The lowest BCUT2D eigenvalue weighted by molar-refractivity contribution is -0.141. The van der Waals surface area contributed by atoms with Gasteiger partial charge in [0, 0.05) is 22.0 Å². The number of ketones is 1. The maximum absolute atomic E-state index is 13.1. The van der Waals surface area contributed by atoms with E-state index in [0.29, 0.717) is 23.6 Å². The predicted octanol–water partition coefficient (Wildman–Crippen LogP) is 3.73. The zero-order valence-corrected chi connectivity index (χ0v) is 16.5. The van der Waals surface area contributed by atoms with Crippen LogP contribution in [0.15, 0.2) is 59.6 Å². The zero-order chi connectivity index (χ0) is 19.6. The molecule has 1 heterocycles. The summed E-state index contributed by atoms with van der Waals surface area (Å²) in [6.45, 7) is 5.58. The first-order valence-corrected chi connectivity index (χ1v) is 9.31. The number of ether oxygens (including phenoxy) is 1. The van der Waals surface area contributed by atoms with E-state index in [2.05, 4.69) is 22.5 Å². The third-order valence-corrected chi connectivity index (χ3v) is 4.95. The van der Waals surface area contributed by atoms with Crippen LogP contribution in [-0.2, 0) is 21.7 Å². The van der Waals surface area contributed by atoms with Gasteiger partial charge in [-0.25, -0.2) is 0 Å². The third kappa shape index (κ3) is 3.68. The number of hydrogen-bond acceptors (Lipinski definition) is 4. The molecule has 0 radical (unpaired) electrons. The van der Waals surface area contributed by atoms with E-state index in [1.54, 1.807) is 24.3 Å². The Kier molecular flexibility index (Phi) is 5.48. The largest absolute Gasteiger partial charge is 0.489 e. The average molecular weight is 430 g/mol. The Bertz CT molecular complexity index is 911. The van der Waals surface area contributed by atoms with Crippen LogP contribution >= 0.6 is 15.9 Å². The quantitative estimate of drug-likeness (QED) is 0.680. The summed E-state index contributed by atoms with van der Waals surface area (Å²) < 4.78 is 6.40. The lowest BCUT2D eigenvalue weighted by atomic mass is 9.90. The molecule has 1 aliphatic heterocycles. The predicted molar refractivity (Wildman–Crippen MR) is 107 cm³/mol. The third-order valence-electron chi connectivity index (χ3n) is 4.46. The number of fused-ring (bicyclic) bond motifs is 1. The minimum Gasteiger partial charge on any atom is -0.489 e. The van der Waals surface area contributed by atoms with Crippen LogP contribution in [0.1, 0.15) is 24.5 Å². The van der Waals surface area contributed by atoms with E-state index in [1.165, 1.54) is 11.8 Å². The van der Waals surface area contributed by atoms with Crippen LogP contribution < -0.4 is 9.64 Å². The van der Waals surface area contributed by atoms with Crippen LogP contribution in [-0.4, -0.2) is 23.4 Å². The summed E-state index contributed by atoms with van der Waals surface area (Å²) in [5.74, 6) is -0.122. The molecular weight excluding hydrogens is 410 g/mol. The van der Waals surface area contributed by atoms with Crippen LogP contribution in [0.5, 0.6) is 5.75 Å². The van der Waals surface area contributed by atoms with Gasteiger partial charge in [-0.05, 0) is 31.2 Å². The number of rotatable bonds is 7. The highest BCUT2D eigenvalue weighted by Gasteiger charge is 2.50. The number of aliphatic hydroxyl groups is 1. The van der Waals surface area contributed by atoms with Crippen LogP contribution in [0.4, 0.5) is 5.69 Å². The fraction of sp³-hybridized carbons (Fsp3) is 0.238. The van der Waals surface area contributed by atoms with Gasteiger partial charge in [0.1, 0.15) is 18.1 Å². The molecule has 1 N–H and O–H groups in total. The Balaban J connectivity index is 2.02. The number of Topliss-reactive ketones (excluding diaryl/α,β-unsaturated/α-hetero) is 1. The van der Waals surface area contributed by atoms with E-state index >= 15 is 0 Å². The standard InChI is InChI=1S/C21H20BrNO4/c1-3-10-27-19-7-5-4-6-15(19)13-23-18-9-8-16(22)11-17(18)21(26,20(23)25)12-14(2)24/h3-9,11,26H,1,10,12-13H2,2H3/t21-/m1/s1. The second-order valence-corrected chi connectivity index (χ2v) is 7.41. The molecule has 2 aromatic rings. The van der Waals surface area contributed by atoms with Gasteiger partial charge in [0.2, 0.25) is 0 Å². The molecule has 2 aromatic carbocycles. The van der Waals surface area contributed by atoms with E-state index in [9.17, 15) is 14.7 Å². The second-order valence-electron chi connectivity index (χ2n) is 6.50. The van der Waals surface area contributed by atoms with Gasteiger partial charge in [-0.3, -0.25) is 9.59 Å². The number of amides is 1. The molecule has 0 spiro atoms. The highest BCUT2D eigenvalue weighted by Crippen LogP contribution is 2.44. The number of carbonyl (C=O) groups is 2. The summed E-state index contributed by atoms with van der Waals surface area (Å²) >= 11 is 3.37. The maximum Gasteiger partial charge on any atom is 0.264 e. The molecule has 1 amide bonds. The summed E-state index contributed by atoms with van der Waals surface area (Å²) in [4.78, 5) is 26.3. The fourth-order valence-corrected chi connectivity index (χ4v) is 3.67. The van der Waals surface area contributed by atoms with Crippen molar-refractivity contribution >= 4 is 33.3 Å². The number of halogens is 1. The van der Waals surface area contributed by atoms with E-state index in [-0.39, 0.29) is 18.7 Å². The molecule has 3 rings (SSSR count). The maximum atomic E-state index is 13.1. The van der Waals surface area contributed by atoms with Crippen molar-refractivity contribution in [1.82, 2.24) is 0 Å². The number of anilines is 1. The van der Waals surface area contributed by atoms with Crippen molar-refractivity contribution in [3.8, 4) is 5.75 Å². The molecule has 1 aliphatic rings. The highest BCUT2D eigenvalue weighted by atomic mass is 79.9. The van der Waals surface area contributed by atoms with Gasteiger partial charge in [-0.1, -0.05) is 46.8 Å². The Hall–Kier alpha value is -2.44. The van der Waals surface area contributed by atoms with Crippen LogP contribution in [0.25, 0.3) is 0 Å². The fourth-order valence-electron chi connectivity index (χ4n) is 3.31. The minimum absolute atomic E-state index is 0.223.